The molecule has 0 saturated carbocycles. The Balaban J connectivity index is 1.70. The normalized spacial score (nSPS) is 15.1. The van der Waals surface area contributed by atoms with Gasteiger partial charge in [-0.1, -0.05) is 17.7 Å². The van der Waals surface area contributed by atoms with E-state index in [2.05, 4.69) is 16.9 Å². The number of benzene rings is 1. The van der Waals surface area contributed by atoms with E-state index in [1.807, 2.05) is 43.1 Å². The molecule has 0 N–H and O–H groups in total. The Morgan fingerprint density at radius 1 is 1.13 bits per heavy atom. The molecule has 0 aliphatic carbocycles. The quantitative estimate of drug-likeness (QED) is 0.849. The summed E-state index contributed by atoms with van der Waals surface area (Å²) in [6.07, 6.45) is 0. The number of anilines is 1. The number of halogens is 1. The molecule has 1 aromatic carbocycles. The number of hydrogen-bond acceptors (Lipinski definition) is 3. The lowest BCUT2D eigenvalue weighted by atomic mass is 10.1. The predicted octanol–water partition coefficient (Wildman–Crippen LogP) is 2.65. The zero-order valence-corrected chi connectivity index (χ0v) is 14.5. The largest absolute Gasteiger partial charge is 0.368 e. The molecule has 0 bridgehead atoms. The van der Waals surface area contributed by atoms with Crippen LogP contribution >= 0.6 is 11.6 Å². The van der Waals surface area contributed by atoms with Gasteiger partial charge in [-0.25, -0.2) is 0 Å². The van der Waals surface area contributed by atoms with Crippen LogP contribution in [0.4, 0.5) is 5.69 Å². The minimum Gasteiger partial charge on any atom is -0.368 e. The Hall–Kier alpha value is -2.01. The molecule has 23 heavy (non-hydrogen) atoms. The van der Waals surface area contributed by atoms with Crippen LogP contribution < -0.4 is 4.90 Å². The lowest BCUT2D eigenvalue weighted by Crippen LogP contribution is -2.49. The average Bonchev–Trinajstić information content (AvgIpc) is 2.88. The van der Waals surface area contributed by atoms with E-state index >= 15 is 0 Å². The lowest BCUT2D eigenvalue weighted by Gasteiger charge is -2.36. The maximum Gasteiger partial charge on any atom is 0.272 e. The summed E-state index contributed by atoms with van der Waals surface area (Å²) in [5.74, 6) is 0.0515. The summed E-state index contributed by atoms with van der Waals surface area (Å²) in [6, 6.07) is 7.78. The van der Waals surface area contributed by atoms with Crippen molar-refractivity contribution in [3.8, 4) is 0 Å². The van der Waals surface area contributed by atoms with Crippen LogP contribution in [0, 0.1) is 13.8 Å². The van der Waals surface area contributed by atoms with E-state index in [-0.39, 0.29) is 5.91 Å². The molecule has 1 aromatic heterocycles. The van der Waals surface area contributed by atoms with E-state index in [9.17, 15) is 4.79 Å². The minimum absolute atomic E-state index is 0.0515. The molecule has 0 atom stereocenters. The van der Waals surface area contributed by atoms with Gasteiger partial charge in [-0.2, -0.15) is 5.10 Å². The molecule has 1 saturated heterocycles. The second-order valence-corrected chi connectivity index (χ2v) is 6.44. The summed E-state index contributed by atoms with van der Waals surface area (Å²) >= 11 is 6.11. The molecular weight excluding hydrogens is 312 g/mol. The van der Waals surface area contributed by atoms with Crippen molar-refractivity contribution in [1.29, 1.82) is 0 Å². The first-order valence-corrected chi connectivity index (χ1v) is 8.14. The number of nitrogens with zero attached hydrogens (tertiary/aromatic N) is 4. The van der Waals surface area contributed by atoms with Crippen LogP contribution in [0.15, 0.2) is 24.3 Å². The van der Waals surface area contributed by atoms with Crippen molar-refractivity contribution in [2.75, 3.05) is 31.1 Å². The van der Waals surface area contributed by atoms with Crippen LogP contribution in [0.25, 0.3) is 0 Å². The molecule has 0 unspecified atom stereocenters. The van der Waals surface area contributed by atoms with Crippen molar-refractivity contribution in [2.45, 2.75) is 13.8 Å². The number of aromatic nitrogens is 2. The molecule has 1 aliphatic heterocycles. The molecule has 1 amide bonds. The van der Waals surface area contributed by atoms with E-state index in [0.29, 0.717) is 18.8 Å². The summed E-state index contributed by atoms with van der Waals surface area (Å²) in [5, 5.41) is 5.00. The van der Waals surface area contributed by atoms with Gasteiger partial charge in [0, 0.05) is 43.9 Å². The standard InChI is InChI=1S/C17H21ClN4O/c1-12-4-5-14(18)11-15(12)21-6-8-22(9-7-21)17(23)16-10-13(2)19-20(16)3/h4-5,10-11H,6-9H2,1-3H3. The zero-order chi connectivity index (χ0) is 16.6. The van der Waals surface area contributed by atoms with Gasteiger partial charge in [0.15, 0.2) is 0 Å². The van der Waals surface area contributed by atoms with Crippen LogP contribution in [0.5, 0.6) is 0 Å². The van der Waals surface area contributed by atoms with Crippen LogP contribution in [-0.4, -0.2) is 46.8 Å². The van der Waals surface area contributed by atoms with Gasteiger partial charge in [-0.3, -0.25) is 9.48 Å². The monoisotopic (exact) mass is 332 g/mol. The predicted molar refractivity (Wildman–Crippen MR) is 92.3 cm³/mol. The number of aryl methyl sites for hydroxylation is 3. The summed E-state index contributed by atoms with van der Waals surface area (Å²) in [4.78, 5) is 16.8. The van der Waals surface area contributed by atoms with E-state index in [0.717, 1.165) is 29.5 Å². The number of rotatable bonds is 2. The molecule has 122 valence electrons. The van der Waals surface area contributed by atoms with E-state index in [1.54, 1.807) is 4.68 Å². The van der Waals surface area contributed by atoms with Gasteiger partial charge in [0.1, 0.15) is 5.69 Å². The third-order valence-corrected chi connectivity index (χ3v) is 4.53. The maximum absolute atomic E-state index is 12.6. The maximum atomic E-state index is 12.6. The fourth-order valence-electron chi connectivity index (χ4n) is 3.05. The second-order valence-electron chi connectivity index (χ2n) is 6.00. The first kappa shape index (κ1) is 15.9. The number of carbonyl (C=O) groups is 1. The highest BCUT2D eigenvalue weighted by Crippen LogP contribution is 2.25. The van der Waals surface area contributed by atoms with E-state index < -0.39 is 0 Å². The van der Waals surface area contributed by atoms with Crippen molar-refractivity contribution in [3.05, 3.63) is 46.2 Å². The second kappa shape index (κ2) is 6.24. The van der Waals surface area contributed by atoms with Gasteiger partial charge in [-0.05, 0) is 37.6 Å². The van der Waals surface area contributed by atoms with Gasteiger partial charge >= 0.3 is 0 Å². The first-order valence-electron chi connectivity index (χ1n) is 7.77. The third kappa shape index (κ3) is 3.20. The van der Waals surface area contributed by atoms with Crippen LogP contribution in [-0.2, 0) is 7.05 Å². The number of hydrogen-bond donors (Lipinski definition) is 0. The fourth-order valence-corrected chi connectivity index (χ4v) is 3.21. The molecule has 2 aromatic rings. The van der Waals surface area contributed by atoms with Gasteiger partial charge in [-0.15, -0.1) is 0 Å². The SMILES string of the molecule is Cc1cc(C(=O)N2CCN(c3cc(Cl)ccc3C)CC2)n(C)n1. The Labute approximate surface area is 141 Å². The summed E-state index contributed by atoms with van der Waals surface area (Å²) in [5.41, 5.74) is 3.87. The number of carbonyl (C=O) groups excluding carboxylic acids is 1. The minimum atomic E-state index is 0.0515. The highest BCUT2D eigenvalue weighted by atomic mass is 35.5. The number of piperazine rings is 1. The summed E-state index contributed by atoms with van der Waals surface area (Å²) in [6.45, 7) is 7.01. The average molecular weight is 333 g/mol. The van der Waals surface area contributed by atoms with E-state index in [1.165, 1.54) is 5.56 Å². The smallest absolute Gasteiger partial charge is 0.272 e. The molecular formula is C17H21ClN4O. The van der Waals surface area contributed by atoms with Crippen LogP contribution in [0.2, 0.25) is 5.02 Å². The Morgan fingerprint density at radius 3 is 2.43 bits per heavy atom. The Kier molecular flexibility index (Phi) is 4.31. The summed E-state index contributed by atoms with van der Waals surface area (Å²) < 4.78 is 1.66. The van der Waals surface area contributed by atoms with Crippen molar-refractivity contribution in [3.63, 3.8) is 0 Å². The molecule has 1 fully saturated rings. The topological polar surface area (TPSA) is 41.4 Å². The van der Waals surface area contributed by atoms with Gasteiger partial charge < -0.3 is 9.80 Å². The van der Waals surface area contributed by atoms with Gasteiger partial charge in [0.05, 0.1) is 5.69 Å². The van der Waals surface area contributed by atoms with Crippen molar-refractivity contribution >= 4 is 23.2 Å². The molecule has 6 heteroatoms. The Bertz CT molecular complexity index is 732. The van der Waals surface area contributed by atoms with Crippen molar-refractivity contribution < 1.29 is 4.79 Å². The number of amides is 1. The van der Waals surface area contributed by atoms with Crippen molar-refractivity contribution in [1.82, 2.24) is 14.7 Å². The van der Waals surface area contributed by atoms with E-state index in [4.69, 9.17) is 11.6 Å². The van der Waals surface area contributed by atoms with Gasteiger partial charge in [0.25, 0.3) is 5.91 Å². The third-order valence-electron chi connectivity index (χ3n) is 4.30. The highest BCUT2D eigenvalue weighted by Gasteiger charge is 2.25. The molecule has 5 nitrogen and oxygen atoms in total. The molecule has 2 heterocycles. The first-order chi connectivity index (χ1) is 11.0. The molecule has 1 aliphatic rings. The zero-order valence-electron chi connectivity index (χ0n) is 13.7. The lowest BCUT2D eigenvalue weighted by molar-refractivity contribution is 0.0735. The van der Waals surface area contributed by atoms with Crippen molar-refractivity contribution in [2.24, 2.45) is 7.05 Å². The van der Waals surface area contributed by atoms with Crippen LogP contribution in [0.1, 0.15) is 21.7 Å². The molecule has 0 radical (unpaired) electrons. The molecule has 3 rings (SSSR count). The fraction of sp³-hybridized carbons (Fsp3) is 0.412. The summed E-state index contributed by atoms with van der Waals surface area (Å²) in [7, 11) is 1.81. The Morgan fingerprint density at radius 2 is 1.83 bits per heavy atom. The molecule has 0 spiro atoms. The van der Waals surface area contributed by atoms with Crippen LogP contribution in [0.3, 0.4) is 0 Å². The highest BCUT2D eigenvalue weighted by molar-refractivity contribution is 6.30. The van der Waals surface area contributed by atoms with Gasteiger partial charge in [0.2, 0.25) is 0 Å².